The molecule has 0 unspecified atom stereocenters. The van der Waals surface area contributed by atoms with Crippen LogP contribution in [0, 0.1) is 0 Å². The number of hydrogen-bond acceptors (Lipinski definition) is 2. The van der Waals surface area contributed by atoms with Crippen molar-refractivity contribution in [1.29, 1.82) is 0 Å². The number of aromatic nitrogens is 2. The molecule has 74 valence electrons. The first-order chi connectivity index (χ1) is 6.70. The van der Waals surface area contributed by atoms with Gasteiger partial charge in [-0.2, -0.15) is 0 Å². The average molecular weight is 211 g/mol. The Balaban J connectivity index is 2.54. The first-order valence-electron chi connectivity index (χ1n) is 4.46. The van der Waals surface area contributed by atoms with Crippen LogP contribution in [0.15, 0.2) is 29.0 Å². The summed E-state index contributed by atoms with van der Waals surface area (Å²) in [5.74, 6) is 1.51. The Bertz CT molecular complexity index is 417. The SMILES string of the molecule is CC(C)n1c(Cl)cnc1-c1ccco1. The lowest BCUT2D eigenvalue weighted by Gasteiger charge is -2.10. The summed E-state index contributed by atoms with van der Waals surface area (Å²) in [4.78, 5) is 4.22. The van der Waals surface area contributed by atoms with E-state index in [-0.39, 0.29) is 6.04 Å². The van der Waals surface area contributed by atoms with Gasteiger partial charge in [0.05, 0.1) is 12.5 Å². The summed E-state index contributed by atoms with van der Waals surface area (Å²) in [6.45, 7) is 4.11. The van der Waals surface area contributed by atoms with Crippen molar-refractivity contribution in [3.8, 4) is 11.6 Å². The molecule has 0 aliphatic rings. The van der Waals surface area contributed by atoms with Crippen LogP contribution in [0.4, 0.5) is 0 Å². The quantitative estimate of drug-likeness (QED) is 0.761. The summed E-state index contributed by atoms with van der Waals surface area (Å²) in [7, 11) is 0. The first-order valence-corrected chi connectivity index (χ1v) is 4.84. The number of halogens is 1. The van der Waals surface area contributed by atoms with E-state index in [0.29, 0.717) is 5.15 Å². The monoisotopic (exact) mass is 210 g/mol. The lowest BCUT2D eigenvalue weighted by molar-refractivity contribution is 0.552. The minimum Gasteiger partial charge on any atom is -0.461 e. The zero-order chi connectivity index (χ0) is 10.1. The average Bonchev–Trinajstić information content (AvgIpc) is 2.70. The van der Waals surface area contributed by atoms with Crippen molar-refractivity contribution in [2.45, 2.75) is 19.9 Å². The molecule has 2 rings (SSSR count). The highest BCUT2D eigenvalue weighted by Crippen LogP contribution is 2.26. The highest BCUT2D eigenvalue weighted by molar-refractivity contribution is 6.29. The van der Waals surface area contributed by atoms with Crippen LogP contribution in [0.2, 0.25) is 5.15 Å². The first kappa shape index (κ1) is 9.34. The Hall–Kier alpha value is -1.22. The van der Waals surface area contributed by atoms with Gasteiger partial charge in [-0.3, -0.25) is 0 Å². The van der Waals surface area contributed by atoms with Crippen LogP contribution in [0.1, 0.15) is 19.9 Å². The summed E-state index contributed by atoms with van der Waals surface area (Å²) in [5.41, 5.74) is 0. The van der Waals surface area contributed by atoms with E-state index in [1.54, 1.807) is 12.5 Å². The number of furan rings is 1. The van der Waals surface area contributed by atoms with E-state index >= 15 is 0 Å². The van der Waals surface area contributed by atoms with Gasteiger partial charge in [0.1, 0.15) is 5.15 Å². The molecule has 0 atom stereocenters. The van der Waals surface area contributed by atoms with E-state index < -0.39 is 0 Å². The van der Waals surface area contributed by atoms with Gasteiger partial charge in [0.15, 0.2) is 11.6 Å². The standard InChI is InChI=1S/C10H11ClN2O/c1-7(2)13-9(11)6-12-10(13)8-4-3-5-14-8/h3-7H,1-2H3. The molecular weight excluding hydrogens is 200 g/mol. The molecule has 0 aliphatic carbocycles. The van der Waals surface area contributed by atoms with E-state index in [1.807, 2.05) is 16.7 Å². The van der Waals surface area contributed by atoms with Gasteiger partial charge >= 0.3 is 0 Å². The number of imidazole rings is 1. The van der Waals surface area contributed by atoms with E-state index in [2.05, 4.69) is 18.8 Å². The lowest BCUT2D eigenvalue weighted by Crippen LogP contribution is -2.02. The molecule has 0 saturated heterocycles. The van der Waals surface area contributed by atoms with Crippen LogP contribution in [0.5, 0.6) is 0 Å². The minimum absolute atomic E-state index is 0.269. The van der Waals surface area contributed by atoms with Gasteiger partial charge in [0.25, 0.3) is 0 Å². The maximum Gasteiger partial charge on any atom is 0.177 e. The predicted molar refractivity (Wildman–Crippen MR) is 55.3 cm³/mol. The Morgan fingerprint density at radius 2 is 2.29 bits per heavy atom. The Morgan fingerprint density at radius 3 is 2.86 bits per heavy atom. The summed E-state index contributed by atoms with van der Waals surface area (Å²) in [5, 5.41) is 0.631. The second-order valence-electron chi connectivity index (χ2n) is 3.35. The fourth-order valence-electron chi connectivity index (χ4n) is 1.42. The maximum atomic E-state index is 6.02. The minimum atomic E-state index is 0.269. The second kappa shape index (κ2) is 3.50. The van der Waals surface area contributed by atoms with Gasteiger partial charge in [-0.15, -0.1) is 0 Å². The molecule has 4 heteroatoms. The van der Waals surface area contributed by atoms with Crippen LogP contribution < -0.4 is 0 Å². The normalized spacial score (nSPS) is 11.1. The molecule has 0 spiro atoms. The van der Waals surface area contributed by atoms with Crippen molar-refractivity contribution in [3.05, 3.63) is 29.7 Å². The predicted octanol–water partition coefficient (Wildman–Crippen LogP) is 3.38. The lowest BCUT2D eigenvalue weighted by atomic mass is 10.3. The Kier molecular flexibility index (Phi) is 2.33. The fraction of sp³-hybridized carbons (Fsp3) is 0.300. The zero-order valence-electron chi connectivity index (χ0n) is 8.07. The Labute approximate surface area is 87.3 Å². The van der Waals surface area contributed by atoms with Crippen molar-refractivity contribution in [2.75, 3.05) is 0 Å². The largest absolute Gasteiger partial charge is 0.461 e. The molecule has 0 amide bonds. The Morgan fingerprint density at radius 1 is 1.50 bits per heavy atom. The highest BCUT2D eigenvalue weighted by Gasteiger charge is 2.14. The van der Waals surface area contributed by atoms with E-state index in [0.717, 1.165) is 11.6 Å². The molecule has 14 heavy (non-hydrogen) atoms. The third-order valence-corrected chi connectivity index (χ3v) is 2.29. The van der Waals surface area contributed by atoms with E-state index in [9.17, 15) is 0 Å². The maximum absolute atomic E-state index is 6.02. The second-order valence-corrected chi connectivity index (χ2v) is 3.73. The van der Waals surface area contributed by atoms with Crippen molar-refractivity contribution in [3.63, 3.8) is 0 Å². The van der Waals surface area contributed by atoms with Gasteiger partial charge in [0, 0.05) is 6.04 Å². The zero-order valence-corrected chi connectivity index (χ0v) is 8.82. The van der Waals surface area contributed by atoms with Gasteiger partial charge < -0.3 is 8.98 Å². The van der Waals surface area contributed by atoms with Crippen LogP contribution in [0.25, 0.3) is 11.6 Å². The molecule has 0 N–H and O–H groups in total. The van der Waals surface area contributed by atoms with Crippen LogP contribution >= 0.6 is 11.6 Å². The van der Waals surface area contributed by atoms with E-state index in [1.165, 1.54) is 0 Å². The number of rotatable bonds is 2. The molecule has 0 fully saturated rings. The summed E-state index contributed by atoms with van der Waals surface area (Å²) in [6.07, 6.45) is 3.27. The molecule has 2 aromatic rings. The summed E-state index contributed by atoms with van der Waals surface area (Å²) in [6, 6.07) is 3.98. The topological polar surface area (TPSA) is 31.0 Å². The molecule has 0 bridgehead atoms. The van der Waals surface area contributed by atoms with Crippen molar-refractivity contribution >= 4 is 11.6 Å². The number of nitrogens with zero attached hydrogens (tertiary/aromatic N) is 2. The van der Waals surface area contributed by atoms with Gasteiger partial charge in [-0.25, -0.2) is 4.98 Å². The van der Waals surface area contributed by atoms with Gasteiger partial charge in [0.2, 0.25) is 0 Å². The van der Waals surface area contributed by atoms with Gasteiger partial charge in [-0.1, -0.05) is 11.6 Å². The van der Waals surface area contributed by atoms with Crippen LogP contribution in [0.3, 0.4) is 0 Å². The molecule has 2 heterocycles. The fourth-order valence-corrected chi connectivity index (χ4v) is 1.74. The van der Waals surface area contributed by atoms with Crippen molar-refractivity contribution in [1.82, 2.24) is 9.55 Å². The molecule has 0 saturated carbocycles. The molecule has 2 aromatic heterocycles. The molecule has 0 aromatic carbocycles. The third-order valence-electron chi connectivity index (χ3n) is 2.01. The molecular formula is C10H11ClN2O. The van der Waals surface area contributed by atoms with E-state index in [4.69, 9.17) is 16.0 Å². The van der Waals surface area contributed by atoms with Crippen LogP contribution in [-0.2, 0) is 0 Å². The summed E-state index contributed by atoms with van der Waals surface area (Å²) >= 11 is 6.02. The smallest absolute Gasteiger partial charge is 0.177 e. The molecule has 0 radical (unpaired) electrons. The summed E-state index contributed by atoms with van der Waals surface area (Å²) < 4.78 is 7.21. The third kappa shape index (κ3) is 1.44. The molecule has 3 nitrogen and oxygen atoms in total. The van der Waals surface area contributed by atoms with Gasteiger partial charge in [-0.05, 0) is 26.0 Å². The number of hydrogen-bond donors (Lipinski definition) is 0. The van der Waals surface area contributed by atoms with Crippen molar-refractivity contribution in [2.24, 2.45) is 0 Å². The van der Waals surface area contributed by atoms with Crippen molar-refractivity contribution < 1.29 is 4.42 Å². The molecule has 0 aliphatic heterocycles. The van der Waals surface area contributed by atoms with Crippen LogP contribution in [-0.4, -0.2) is 9.55 Å². The highest BCUT2D eigenvalue weighted by atomic mass is 35.5.